The number of amides is 3. The van der Waals surface area contributed by atoms with Gasteiger partial charge in [0.1, 0.15) is 6.04 Å². The minimum Gasteiger partial charge on any atom is -0.322 e. The molecule has 2 heterocycles. The maximum Gasteiger partial charge on any atom is 0.322 e. The van der Waals surface area contributed by atoms with Crippen LogP contribution < -0.4 is 10.6 Å². The smallest absolute Gasteiger partial charge is 0.322 e. The molecule has 1 aromatic heterocycles. The third-order valence-electron chi connectivity index (χ3n) is 3.96. The van der Waals surface area contributed by atoms with Gasteiger partial charge in [-0.15, -0.1) is 0 Å². The van der Waals surface area contributed by atoms with Crippen molar-refractivity contribution < 1.29 is 9.59 Å². The van der Waals surface area contributed by atoms with Crippen LogP contribution >= 0.6 is 0 Å². The summed E-state index contributed by atoms with van der Waals surface area (Å²) in [7, 11) is 0. The van der Waals surface area contributed by atoms with Crippen molar-refractivity contribution in [2.24, 2.45) is 0 Å². The van der Waals surface area contributed by atoms with Gasteiger partial charge in [0, 0.05) is 18.3 Å². The minimum absolute atomic E-state index is 0.283. The van der Waals surface area contributed by atoms with Crippen LogP contribution in [0.3, 0.4) is 0 Å². The molecular weight excluding hydrogens is 280 g/mol. The molecule has 1 aliphatic heterocycles. The van der Waals surface area contributed by atoms with Crippen molar-refractivity contribution in [2.75, 3.05) is 0 Å². The molecule has 0 aliphatic carbocycles. The van der Waals surface area contributed by atoms with Crippen molar-refractivity contribution in [3.63, 3.8) is 0 Å². The van der Waals surface area contributed by atoms with E-state index in [-0.39, 0.29) is 5.91 Å². The number of rotatable bonds is 9. The van der Waals surface area contributed by atoms with E-state index in [9.17, 15) is 9.59 Å². The second-order valence-corrected chi connectivity index (χ2v) is 5.85. The first-order chi connectivity index (χ1) is 10.7. The van der Waals surface area contributed by atoms with E-state index in [0.29, 0.717) is 0 Å². The molecule has 22 heavy (non-hydrogen) atoms. The lowest BCUT2D eigenvalue weighted by Gasteiger charge is -2.07. The first kappa shape index (κ1) is 16.5. The summed E-state index contributed by atoms with van der Waals surface area (Å²) in [4.78, 5) is 23.3. The van der Waals surface area contributed by atoms with E-state index >= 15 is 0 Å². The van der Waals surface area contributed by atoms with Crippen molar-refractivity contribution >= 4 is 11.9 Å². The molecule has 1 fully saturated rings. The molecule has 0 aromatic carbocycles. The van der Waals surface area contributed by atoms with E-state index in [4.69, 9.17) is 0 Å². The highest BCUT2D eigenvalue weighted by Gasteiger charge is 2.33. The molecule has 0 saturated carbocycles. The van der Waals surface area contributed by atoms with Gasteiger partial charge in [0.25, 0.3) is 5.91 Å². The summed E-state index contributed by atoms with van der Waals surface area (Å²) in [6.07, 6.45) is 9.53. The highest BCUT2D eigenvalue weighted by Crippen LogP contribution is 2.22. The molecule has 1 aromatic rings. The van der Waals surface area contributed by atoms with E-state index < -0.39 is 12.1 Å². The summed E-state index contributed by atoms with van der Waals surface area (Å²) in [5.74, 6) is -0.283. The number of aromatic nitrogens is 2. The maximum atomic E-state index is 11.9. The average Bonchev–Trinajstić information content (AvgIpc) is 3.02. The molecule has 6 heteroatoms. The molecule has 2 N–H and O–H groups in total. The lowest BCUT2D eigenvalue weighted by molar-refractivity contribution is -0.120. The van der Waals surface area contributed by atoms with Gasteiger partial charge in [-0.25, -0.2) is 4.79 Å². The van der Waals surface area contributed by atoms with E-state index in [1.54, 1.807) is 0 Å². The Balaban J connectivity index is 2.13. The van der Waals surface area contributed by atoms with Gasteiger partial charge in [-0.1, -0.05) is 39.5 Å². The molecule has 1 unspecified atom stereocenters. The Morgan fingerprint density at radius 3 is 2.50 bits per heavy atom. The van der Waals surface area contributed by atoms with Crippen molar-refractivity contribution in [1.29, 1.82) is 0 Å². The predicted octanol–water partition coefficient (Wildman–Crippen LogP) is 2.69. The second kappa shape index (κ2) is 7.96. The highest BCUT2D eigenvalue weighted by atomic mass is 16.2. The third-order valence-corrected chi connectivity index (χ3v) is 3.96. The first-order valence-electron chi connectivity index (χ1n) is 8.33. The van der Waals surface area contributed by atoms with Crippen LogP contribution in [0.2, 0.25) is 0 Å². The topological polar surface area (TPSA) is 76.0 Å². The van der Waals surface area contributed by atoms with Crippen molar-refractivity contribution in [3.05, 3.63) is 17.5 Å². The molecular formula is C16H26N4O2. The fourth-order valence-electron chi connectivity index (χ4n) is 2.73. The summed E-state index contributed by atoms with van der Waals surface area (Å²) in [5.41, 5.74) is 1.78. The molecule has 0 bridgehead atoms. The molecule has 1 atom stereocenters. The van der Waals surface area contributed by atoms with Gasteiger partial charge in [-0.3, -0.25) is 14.8 Å². The minimum atomic E-state index is -0.593. The zero-order valence-electron chi connectivity index (χ0n) is 13.5. The molecule has 2 rings (SSSR count). The SMILES string of the molecule is CCCCCc1nn(CCCCC)cc1C1NC(=O)NC1=O. The second-order valence-electron chi connectivity index (χ2n) is 5.85. The largest absolute Gasteiger partial charge is 0.322 e. The monoisotopic (exact) mass is 306 g/mol. The summed E-state index contributed by atoms with van der Waals surface area (Å²) in [6, 6.07) is -1.02. The maximum absolute atomic E-state index is 11.9. The van der Waals surface area contributed by atoms with Crippen LogP contribution in [0.1, 0.15) is 69.7 Å². The normalized spacial score (nSPS) is 17.6. The summed E-state index contributed by atoms with van der Waals surface area (Å²) < 4.78 is 1.92. The van der Waals surface area contributed by atoms with Crippen LogP contribution in [0.15, 0.2) is 6.20 Å². The number of carbonyl (C=O) groups is 2. The van der Waals surface area contributed by atoms with Gasteiger partial charge >= 0.3 is 6.03 Å². The Labute approximate surface area is 131 Å². The number of hydrogen-bond donors (Lipinski definition) is 2. The number of unbranched alkanes of at least 4 members (excludes halogenated alkanes) is 4. The van der Waals surface area contributed by atoms with Crippen LogP contribution in [-0.4, -0.2) is 21.7 Å². The molecule has 1 saturated heterocycles. The van der Waals surface area contributed by atoms with E-state index in [1.165, 1.54) is 12.8 Å². The molecule has 0 radical (unpaired) electrons. The number of carbonyl (C=O) groups excluding carboxylic acids is 2. The predicted molar refractivity (Wildman–Crippen MR) is 84.4 cm³/mol. The number of urea groups is 1. The molecule has 0 spiro atoms. The zero-order valence-corrected chi connectivity index (χ0v) is 13.5. The Hall–Kier alpha value is -1.85. The fraction of sp³-hybridized carbons (Fsp3) is 0.688. The summed E-state index contributed by atoms with van der Waals surface area (Å²) in [5, 5.41) is 9.62. The lowest BCUT2D eigenvalue weighted by atomic mass is 10.0. The van der Waals surface area contributed by atoms with Gasteiger partial charge < -0.3 is 5.32 Å². The summed E-state index contributed by atoms with van der Waals surface area (Å²) in [6.45, 7) is 5.19. The van der Waals surface area contributed by atoms with Crippen molar-refractivity contribution in [3.8, 4) is 0 Å². The van der Waals surface area contributed by atoms with Gasteiger partial charge in [0.05, 0.1) is 5.69 Å². The standard InChI is InChI=1S/C16H26N4O2/c1-3-5-7-9-13-12(14-15(21)18-16(22)17-14)11-20(19-13)10-8-6-4-2/h11,14H,3-10H2,1-2H3,(H2,17,18,21,22). The quantitative estimate of drug-likeness (QED) is 0.544. The fourth-order valence-corrected chi connectivity index (χ4v) is 2.73. The number of hydrogen-bond acceptors (Lipinski definition) is 3. The Kier molecular flexibility index (Phi) is 5.98. The molecule has 122 valence electrons. The van der Waals surface area contributed by atoms with Crippen LogP contribution in [0.5, 0.6) is 0 Å². The molecule has 3 amide bonds. The van der Waals surface area contributed by atoms with Crippen LogP contribution in [0.4, 0.5) is 4.79 Å². The van der Waals surface area contributed by atoms with Crippen LogP contribution in [-0.2, 0) is 17.8 Å². The highest BCUT2D eigenvalue weighted by molar-refractivity contribution is 6.04. The Morgan fingerprint density at radius 1 is 1.14 bits per heavy atom. The van der Waals surface area contributed by atoms with E-state index in [2.05, 4.69) is 29.6 Å². The van der Waals surface area contributed by atoms with Gasteiger partial charge in [-0.05, 0) is 19.3 Å². The van der Waals surface area contributed by atoms with Crippen LogP contribution in [0.25, 0.3) is 0 Å². The van der Waals surface area contributed by atoms with Gasteiger partial charge in [0.2, 0.25) is 0 Å². The molecule has 6 nitrogen and oxygen atoms in total. The number of aryl methyl sites for hydroxylation is 2. The molecule has 1 aliphatic rings. The van der Waals surface area contributed by atoms with Crippen LogP contribution in [0, 0.1) is 0 Å². The number of nitrogens with one attached hydrogen (secondary N) is 2. The third kappa shape index (κ3) is 4.08. The summed E-state index contributed by atoms with van der Waals surface area (Å²) >= 11 is 0. The van der Waals surface area contributed by atoms with Crippen molar-refractivity contribution in [2.45, 2.75) is 71.4 Å². The van der Waals surface area contributed by atoms with Gasteiger partial charge in [0.15, 0.2) is 0 Å². The lowest BCUT2D eigenvalue weighted by Crippen LogP contribution is -2.22. The average molecular weight is 306 g/mol. The first-order valence-corrected chi connectivity index (χ1v) is 8.33. The zero-order chi connectivity index (χ0) is 15.9. The van der Waals surface area contributed by atoms with E-state index in [0.717, 1.165) is 49.9 Å². The van der Waals surface area contributed by atoms with Crippen molar-refractivity contribution in [1.82, 2.24) is 20.4 Å². The number of imide groups is 1. The van der Waals surface area contributed by atoms with E-state index in [1.807, 2.05) is 10.9 Å². The Bertz CT molecular complexity index is 524. The Morgan fingerprint density at radius 2 is 1.86 bits per heavy atom. The van der Waals surface area contributed by atoms with Gasteiger partial charge in [-0.2, -0.15) is 5.10 Å². The number of nitrogens with zero attached hydrogens (tertiary/aromatic N) is 2.